The summed E-state index contributed by atoms with van der Waals surface area (Å²) in [5.41, 5.74) is 1.38. The summed E-state index contributed by atoms with van der Waals surface area (Å²) in [6.45, 7) is 7.22. The zero-order valence-electron chi connectivity index (χ0n) is 18.3. The van der Waals surface area contributed by atoms with E-state index in [9.17, 15) is 9.59 Å². The second kappa shape index (κ2) is 10.2. The maximum absolute atomic E-state index is 12.3. The predicted octanol–water partition coefficient (Wildman–Crippen LogP) is 4.50. The molecule has 3 rings (SSSR count). The molecule has 31 heavy (non-hydrogen) atoms. The van der Waals surface area contributed by atoms with Crippen molar-refractivity contribution in [1.29, 1.82) is 0 Å². The fourth-order valence-electron chi connectivity index (χ4n) is 3.17. The molecule has 166 valence electrons. The Morgan fingerprint density at radius 3 is 2.42 bits per heavy atom. The van der Waals surface area contributed by atoms with Crippen molar-refractivity contribution in [3.05, 3.63) is 65.7 Å². The van der Waals surface area contributed by atoms with Crippen LogP contribution in [0.1, 0.15) is 38.3 Å². The molecule has 1 saturated heterocycles. The van der Waals surface area contributed by atoms with Gasteiger partial charge in [-0.05, 0) is 44.0 Å². The first-order valence-electron chi connectivity index (χ1n) is 10.5. The molecule has 0 spiro atoms. The quantitative estimate of drug-likeness (QED) is 0.736. The van der Waals surface area contributed by atoms with Gasteiger partial charge in [0.1, 0.15) is 24.1 Å². The van der Waals surface area contributed by atoms with E-state index in [1.54, 1.807) is 4.90 Å². The van der Waals surface area contributed by atoms with Gasteiger partial charge in [-0.15, -0.1) is 0 Å². The largest absolute Gasteiger partial charge is 0.489 e. The van der Waals surface area contributed by atoms with Gasteiger partial charge in [-0.3, -0.25) is 0 Å². The van der Waals surface area contributed by atoms with Crippen molar-refractivity contribution in [3.63, 3.8) is 0 Å². The van der Waals surface area contributed by atoms with E-state index in [0.29, 0.717) is 19.6 Å². The highest BCUT2D eigenvalue weighted by Crippen LogP contribution is 2.20. The molecule has 1 unspecified atom stereocenters. The number of amides is 2. The number of likely N-dealkylation sites (tertiary alicyclic amines) is 1. The highest BCUT2D eigenvalue weighted by molar-refractivity contribution is 5.68. The van der Waals surface area contributed by atoms with Crippen LogP contribution >= 0.6 is 0 Å². The smallest absolute Gasteiger partial charge is 0.410 e. The molecule has 7 heteroatoms. The summed E-state index contributed by atoms with van der Waals surface area (Å²) in [4.78, 5) is 25.7. The Labute approximate surface area is 183 Å². The van der Waals surface area contributed by atoms with E-state index in [2.05, 4.69) is 5.32 Å². The minimum absolute atomic E-state index is 0.0741. The van der Waals surface area contributed by atoms with Crippen LogP contribution in [0.25, 0.3) is 0 Å². The van der Waals surface area contributed by atoms with Gasteiger partial charge in [-0.1, -0.05) is 42.5 Å². The Balaban J connectivity index is 1.40. The first kappa shape index (κ1) is 22.5. The summed E-state index contributed by atoms with van der Waals surface area (Å²) in [5.74, 6) is 0.727. The molecule has 1 atom stereocenters. The van der Waals surface area contributed by atoms with E-state index in [1.807, 2.05) is 75.4 Å². The van der Waals surface area contributed by atoms with Gasteiger partial charge in [0.25, 0.3) is 0 Å². The van der Waals surface area contributed by atoms with Crippen molar-refractivity contribution in [2.75, 3.05) is 13.1 Å². The van der Waals surface area contributed by atoms with Crippen LogP contribution < -0.4 is 10.1 Å². The van der Waals surface area contributed by atoms with E-state index in [-0.39, 0.29) is 18.8 Å². The van der Waals surface area contributed by atoms with Gasteiger partial charge in [0.15, 0.2) is 0 Å². The SMILES string of the molecule is CC(C)(C)OC(=O)NCc1ccc(OC2CCN(C(=O)OCc3ccccc3)C2)cc1. The van der Waals surface area contributed by atoms with Crippen molar-refractivity contribution >= 4 is 12.2 Å². The number of nitrogens with zero attached hydrogens (tertiary/aromatic N) is 1. The average molecular weight is 427 g/mol. The van der Waals surface area contributed by atoms with Crippen LogP contribution in [0, 0.1) is 0 Å². The molecule has 0 bridgehead atoms. The monoisotopic (exact) mass is 426 g/mol. The minimum Gasteiger partial charge on any atom is -0.489 e. The van der Waals surface area contributed by atoms with E-state index in [1.165, 1.54) is 0 Å². The fourth-order valence-corrected chi connectivity index (χ4v) is 3.17. The Morgan fingerprint density at radius 1 is 1.03 bits per heavy atom. The molecule has 2 aromatic carbocycles. The highest BCUT2D eigenvalue weighted by Gasteiger charge is 2.28. The zero-order chi connectivity index (χ0) is 22.3. The summed E-state index contributed by atoms with van der Waals surface area (Å²) in [6, 6.07) is 17.1. The topological polar surface area (TPSA) is 77.1 Å². The number of rotatable bonds is 6. The molecule has 0 aliphatic carbocycles. The molecule has 1 heterocycles. The third-order valence-corrected chi connectivity index (χ3v) is 4.67. The van der Waals surface area contributed by atoms with Crippen LogP contribution in [0.4, 0.5) is 9.59 Å². The Kier molecular flexibility index (Phi) is 7.39. The van der Waals surface area contributed by atoms with Crippen LogP contribution in [-0.2, 0) is 22.6 Å². The van der Waals surface area contributed by atoms with E-state index in [0.717, 1.165) is 23.3 Å². The number of carbonyl (C=O) groups is 2. The lowest BCUT2D eigenvalue weighted by atomic mass is 10.2. The summed E-state index contributed by atoms with van der Waals surface area (Å²) < 4.78 is 16.6. The van der Waals surface area contributed by atoms with Crippen LogP contribution in [0.2, 0.25) is 0 Å². The Morgan fingerprint density at radius 2 is 1.74 bits per heavy atom. The second-order valence-electron chi connectivity index (χ2n) is 8.51. The van der Waals surface area contributed by atoms with Crippen molar-refractivity contribution in [1.82, 2.24) is 10.2 Å². The fraction of sp³-hybridized carbons (Fsp3) is 0.417. The highest BCUT2D eigenvalue weighted by atomic mass is 16.6. The number of nitrogens with one attached hydrogen (secondary N) is 1. The number of alkyl carbamates (subject to hydrolysis) is 1. The maximum atomic E-state index is 12.3. The van der Waals surface area contributed by atoms with Gasteiger partial charge >= 0.3 is 12.2 Å². The number of hydrogen-bond acceptors (Lipinski definition) is 5. The molecule has 2 aromatic rings. The first-order chi connectivity index (χ1) is 14.8. The van der Waals surface area contributed by atoms with Gasteiger partial charge < -0.3 is 24.4 Å². The van der Waals surface area contributed by atoms with E-state index < -0.39 is 11.7 Å². The van der Waals surface area contributed by atoms with E-state index >= 15 is 0 Å². The lowest BCUT2D eigenvalue weighted by Crippen LogP contribution is -2.32. The zero-order valence-corrected chi connectivity index (χ0v) is 18.3. The predicted molar refractivity (Wildman–Crippen MR) is 117 cm³/mol. The summed E-state index contributed by atoms with van der Waals surface area (Å²) in [7, 11) is 0. The number of hydrogen-bond donors (Lipinski definition) is 1. The number of carbonyl (C=O) groups excluding carboxylic acids is 2. The van der Waals surface area contributed by atoms with E-state index in [4.69, 9.17) is 14.2 Å². The van der Waals surface area contributed by atoms with Crippen molar-refractivity contribution in [3.8, 4) is 5.75 Å². The average Bonchev–Trinajstić information content (AvgIpc) is 3.20. The molecule has 2 amide bonds. The molecule has 1 fully saturated rings. The van der Waals surface area contributed by atoms with Crippen LogP contribution in [0.5, 0.6) is 5.75 Å². The molecular weight excluding hydrogens is 396 g/mol. The third kappa shape index (κ3) is 7.51. The number of ether oxygens (including phenoxy) is 3. The van der Waals surface area contributed by atoms with Gasteiger partial charge in [0, 0.05) is 19.5 Å². The third-order valence-electron chi connectivity index (χ3n) is 4.67. The Bertz CT molecular complexity index is 862. The van der Waals surface area contributed by atoms with Crippen LogP contribution in [-0.4, -0.2) is 41.9 Å². The summed E-state index contributed by atoms with van der Waals surface area (Å²) in [5, 5.41) is 2.73. The van der Waals surface area contributed by atoms with Gasteiger partial charge in [0.05, 0.1) is 6.54 Å². The van der Waals surface area contributed by atoms with Crippen molar-refractivity contribution < 1.29 is 23.8 Å². The van der Waals surface area contributed by atoms with Gasteiger partial charge in [-0.25, -0.2) is 9.59 Å². The maximum Gasteiger partial charge on any atom is 0.410 e. The van der Waals surface area contributed by atoms with Crippen molar-refractivity contribution in [2.24, 2.45) is 0 Å². The molecule has 1 aliphatic heterocycles. The molecule has 1 N–H and O–H groups in total. The Hall–Kier alpha value is -3.22. The van der Waals surface area contributed by atoms with Crippen LogP contribution in [0.15, 0.2) is 54.6 Å². The molecule has 1 aliphatic rings. The molecule has 7 nitrogen and oxygen atoms in total. The number of benzene rings is 2. The standard InChI is InChI=1S/C24H30N2O5/c1-24(2,3)31-22(27)25-15-18-9-11-20(12-10-18)30-21-13-14-26(16-21)23(28)29-17-19-7-5-4-6-8-19/h4-12,21H,13-17H2,1-3H3,(H,25,27). The molecule has 0 radical (unpaired) electrons. The van der Waals surface area contributed by atoms with Gasteiger partial charge in [0.2, 0.25) is 0 Å². The molecule has 0 saturated carbocycles. The summed E-state index contributed by atoms with van der Waals surface area (Å²) >= 11 is 0. The molecule has 0 aromatic heterocycles. The summed E-state index contributed by atoms with van der Waals surface area (Å²) in [6.07, 6.45) is -0.0888. The normalized spacial score (nSPS) is 16.0. The lowest BCUT2D eigenvalue weighted by molar-refractivity contribution is 0.0523. The second-order valence-corrected chi connectivity index (χ2v) is 8.51. The first-order valence-corrected chi connectivity index (χ1v) is 10.5. The van der Waals surface area contributed by atoms with Crippen molar-refractivity contribution in [2.45, 2.75) is 52.0 Å². The van der Waals surface area contributed by atoms with Crippen LogP contribution in [0.3, 0.4) is 0 Å². The van der Waals surface area contributed by atoms with Gasteiger partial charge in [-0.2, -0.15) is 0 Å². The lowest BCUT2D eigenvalue weighted by Gasteiger charge is -2.19. The molecular formula is C24H30N2O5. The minimum atomic E-state index is -0.523.